The molecule has 0 aliphatic heterocycles. The van der Waals surface area contributed by atoms with E-state index in [0.717, 1.165) is 36.3 Å². The molecule has 0 spiro atoms. The van der Waals surface area contributed by atoms with Crippen molar-refractivity contribution in [1.29, 1.82) is 0 Å². The number of rotatable bonds is 9. The van der Waals surface area contributed by atoms with Crippen molar-refractivity contribution in [3.05, 3.63) is 95.3 Å². The second-order valence-electron chi connectivity index (χ2n) is 8.76. The van der Waals surface area contributed by atoms with Crippen molar-refractivity contribution in [2.45, 2.75) is 44.7 Å². The molecule has 0 unspecified atom stereocenters. The normalized spacial score (nSPS) is 13.8. The first kappa shape index (κ1) is 23.8. The highest BCUT2D eigenvalue weighted by molar-refractivity contribution is 5.94. The summed E-state index contributed by atoms with van der Waals surface area (Å²) in [6, 6.07) is 16.0. The number of hydrogen-bond donors (Lipinski definition) is 1. The van der Waals surface area contributed by atoms with Crippen LogP contribution in [0, 0.1) is 0 Å². The van der Waals surface area contributed by atoms with Crippen molar-refractivity contribution < 1.29 is 26.9 Å². The predicted molar refractivity (Wildman–Crippen MR) is 123 cm³/mol. The highest BCUT2D eigenvalue weighted by atomic mass is 19.4. The van der Waals surface area contributed by atoms with E-state index in [-0.39, 0.29) is 18.3 Å². The summed E-state index contributed by atoms with van der Waals surface area (Å²) in [6.45, 7) is 1.27. The van der Waals surface area contributed by atoms with Gasteiger partial charge in [0.15, 0.2) is 0 Å². The lowest BCUT2D eigenvalue weighted by molar-refractivity contribution is -0.137. The van der Waals surface area contributed by atoms with Crippen LogP contribution in [0.3, 0.4) is 0 Å². The number of aromatic nitrogens is 2. The van der Waals surface area contributed by atoms with E-state index in [1.807, 2.05) is 23.1 Å². The van der Waals surface area contributed by atoms with Crippen molar-refractivity contribution in [3.8, 4) is 11.4 Å². The lowest BCUT2D eigenvalue weighted by Crippen LogP contribution is -2.25. The Bertz CT molecular complexity index is 1300. The topological polar surface area (TPSA) is 84.4 Å². The van der Waals surface area contributed by atoms with E-state index in [0.29, 0.717) is 36.1 Å². The quantitative estimate of drug-likeness (QED) is 0.332. The molecule has 0 bridgehead atoms. The molecule has 1 saturated carbocycles. The van der Waals surface area contributed by atoms with Crippen LogP contribution >= 0.6 is 0 Å². The Morgan fingerprint density at radius 1 is 1.00 bits per heavy atom. The smallest absolute Gasteiger partial charge is 0.416 e. The molecule has 0 radical (unpaired) electrons. The largest absolute Gasteiger partial charge is 0.468 e. The molecule has 1 amide bonds. The number of hydrogen-bond acceptors (Lipinski definition) is 6. The Balaban J connectivity index is 1.28. The van der Waals surface area contributed by atoms with Gasteiger partial charge in [-0.15, -0.1) is 0 Å². The number of carbonyl (C=O) groups excluding carboxylic acids is 1. The van der Waals surface area contributed by atoms with E-state index in [2.05, 4.69) is 15.5 Å². The molecule has 36 heavy (non-hydrogen) atoms. The lowest BCUT2D eigenvalue weighted by Gasteiger charge is -2.19. The molecule has 1 fully saturated rings. The number of nitrogens with one attached hydrogen (secondary N) is 1. The van der Waals surface area contributed by atoms with Gasteiger partial charge < -0.3 is 14.3 Å². The third kappa shape index (κ3) is 6.01. The van der Waals surface area contributed by atoms with Crippen LogP contribution in [0.2, 0.25) is 0 Å². The van der Waals surface area contributed by atoms with Crippen molar-refractivity contribution in [1.82, 2.24) is 20.4 Å². The van der Waals surface area contributed by atoms with Gasteiger partial charge in [-0.25, -0.2) is 0 Å². The molecule has 0 atom stereocenters. The Morgan fingerprint density at radius 2 is 1.75 bits per heavy atom. The Hall–Kier alpha value is -3.92. The van der Waals surface area contributed by atoms with Crippen LogP contribution in [0.15, 0.2) is 75.9 Å². The summed E-state index contributed by atoms with van der Waals surface area (Å²) in [7, 11) is 0. The monoisotopic (exact) mass is 496 g/mol. The first-order chi connectivity index (χ1) is 17.3. The summed E-state index contributed by atoms with van der Waals surface area (Å²) in [5, 5.41) is 6.91. The van der Waals surface area contributed by atoms with Gasteiger partial charge in [-0.3, -0.25) is 9.69 Å². The van der Waals surface area contributed by atoms with Gasteiger partial charge in [0, 0.05) is 23.7 Å². The summed E-state index contributed by atoms with van der Waals surface area (Å²) in [6.07, 6.45) is -0.758. The SMILES string of the molecule is O=C(NC1CC1)c1ccc(CN(Cc2ccco2)Cc2nc(-c3ccc(C(F)(F)F)cc3)no2)cc1. The minimum atomic E-state index is -4.41. The van der Waals surface area contributed by atoms with Gasteiger partial charge in [-0.2, -0.15) is 18.2 Å². The fourth-order valence-electron chi connectivity index (χ4n) is 3.74. The number of furan rings is 1. The highest BCUT2D eigenvalue weighted by Gasteiger charge is 2.30. The summed E-state index contributed by atoms with van der Waals surface area (Å²) in [5.74, 6) is 1.20. The Morgan fingerprint density at radius 3 is 2.39 bits per heavy atom. The summed E-state index contributed by atoms with van der Waals surface area (Å²) in [4.78, 5) is 18.7. The molecule has 2 aromatic heterocycles. The van der Waals surface area contributed by atoms with Crippen LogP contribution < -0.4 is 5.32 Å². The fraction of sp³-hybridized carbons (Fsp3) is 0.269. The van der Waals surface area contributed by atoms with Crippen molar-refractivity contribution in [2.75, 3.05) is 0 Å². The van der Waals surface area contributed by atoms with Gasteiger partial charge in [0.05, 0.1) is 24.9 Å². The lowest BCUT2D eigenvalue weighted by atomic mass is 10.1. The van der Waals surface area contributed by atoms with E-state index in [1.54, 1.807) is 24.5 Å². The molecule has 5 rings (SSSR count). The Labute approximate surface area is 204 Å². The van der Waals surface area contributed by atoms with E-state index >= 15 is 0 Å². The minimum absolute atomic E-state index is 0.0712. The van der Waals surface area contributed by atoms with E-state index in [1.165, 1.54) is 12.1 Å². The number of halogens is 3. The van der Waals surface area contributed by atoms with Crippen molar-refractivity contribution in [3.63, 3.8) is 0 Å². The number of amides is 1. The number of alkyl halides is 3. The minimum Gasteiger partial charge on any atom is -0.468 e. The van der Waals surface area contributed by atoms with Gasteiger partial charge in [-0.1, -0.05) is 29.4 Å². The standard InChI is InChI=1S/C26H23F3N4O3/c27-26(28,29)20-9-7-18(8-10-20)24-31-23(36-32-24)16-33(15-22-2-1-13-35-22)14-17-3-5-19(6-4-17)25(34)30-21-11-12-21/h1-10,13,21H,11-12,14-16H2,(H,30,34). The van der Waals surface area contributed by atoms with Gasteiger partial charge in [0.25, 0.3) is 5.91 Å². The first-order valence-electron chi connectivity index (χ1n) is 11.5. The molecule has 2 aromatic carbocycles. The molecule has 186 valence electrons. The third-order valence-electron chi connectivity index (χ3n) is 5.79. The van der Waals surface area contributed by atoms with Crippen LogP contribution in [0.4, 0.5) is 13.2 Å². The molecule has 7 nitrogen and oxygen atoms in total. The molecule has 1 aliphatic rings. The summed E-state index contributed by atoms with van der Waals surface area (Å²) >= 11 is 0. The van der Waals surface area contributed by atoms with Gasteiger partial charge in [-0.05, 0) is 54.8 Å². The number of nitrogens with zero attached hydrogens (tertiary/aromatic N) is 3. The molecule has 1 N–H and O–H groups in total. The highest BCUT2D eigenvalue weighted by Crippen LogP contribution is 2.30. The second kappa shape index (κ2) is 9.98. The zero-order valence-corrected chi connectivity index (χ0v) is 19.2. The van der Waals surface area contributed by atoms with E-state index in [9.17, 15) is 18.0 Å². The van der Waals surface area contributed by atoms with Crippen LogP contribution in [-0.4, -0.2) is 27.0 Å². The number of benzene rings is 2. The molecule has 10 heteroatoms. The van der Waals surface area contributed by atoms with E-state index < -0.39 is 11.7 Å². The average molecular weight is 496 g/mol. The number of carbonyl (C=O) groups is 1. The summed E-state index contributed by atoms with van der Waals surface area (Å²) < 4.78 is 49.4. The van der Waals surface area contributed by atoms with Crippen LogP contribution in [0.5, 0.6) is 0 Å². The molecule has 1 aliphatic carbocycles. The zero-order valence-electron chi connectivity index (χ0n) is 19.2. The molecular formula is C26H23F3N4O3. The fourth-order valence-corrected chi connectivity index (χ4v) is 3.74. The Kier molecular flexibility index (Phi) is 6.60. The van der Waals surface area contributed by atoms with Crippen LogP contribution in [-0.2, 0) is 25.8 Å². The molecule has 0 saturated heterocycles. The maximum atomic E-state index is 12.8. The zero-order chi connectivity index (χ0) is 25.1. The molecule has 2 heterocycles. The van der Waals surface area contributed by atoms with Gasteiger partial charge in [0.1, 0.15) is 5.76 Å². The van der Waals surface area contributed by atoms with Gasteiger partial charge >= 0.3 is 6.18 Å². The maximum absolute atomic E-state index is 12.8. The van der Waals surface area contributed by atoms with Crippen molar-refractivity contribution >= 4 is 5.91 Å². The van der Waals surface area contributed by atoms with Crippen LogP contribution in [0.1, 0.15) is 46.0 Å². The van der Waals surface area contributed by atoms with Gasteiger partial charge in [0.2, 0.25) is 11.7 Å². The predicted octanol–water partition coefficient (Wildman–Crippen LogP) is 5.44. The summed E-state index contributed by atoms with van der Waals surface area (Å²) in [5.41, 5.74) is 1.28. The van der Waals surface area contributed by atoms with E-state index in [4.69, 9.17) is 8.94 Å². The first-order valence-corrected chi connectivity index (χ1v) is 11.5. The average Bonchev–Trinajstić information content (AvgIpc) is 3.30. The van der Waals surface area contributed by atoms with Crippen molar-refractivity contribution in [2.24, 2.45) is 0 Å². The van der Waals surface area contributed by atoms with Crippen LogP contribution in [0.25, 0.3) is 11.4 Å². The molecule has 4 aromatic rings. The molecular weight excluding hydrogens is 473 g/mol. The maximum Gasteiger partial charge on any atom is 0.416 e. The third-order valence-corrected chi connectivity index (χ3v) is 5.79. The second-order valence-corrected chi connectivity index (χ2v) is 8.76.